The van der Waals surface area contributed by atoms with E-state index in [1.54, 1.807) is 6.07 Å². The number of hydrogen-bond acceptors (Lipinski definition) is 4. The molecule has 0 aliphatic rings. The molecule has 0 amide bonds. The molecule has 6 heteroatoms. The Hall–Kier alpha value is -0.910. The third-order valence-electron chi connectivity index (χ3n) is 2.23. The molecule has 0 saturated heterocycles. The second kappa shape index (κ2) is 5.62. The second-order valence-corrected chi connectivity index (χ2v) is 4.76. The van der Waals surface area contributed by atoms with E-state index in [1.807, 2.05) is 19.2 Å². The standard InChI is InChI=1S/C11H11BrClN3O/c1-14-5-4-10-15-11(16-17-10)7-2-3-9(13)8(12)6-7/h2-3,6,14H,4-5H2,1H3. The number of halogens is 2. The molecule has 0 fully saturated rings. The van der Waals surface area contributed by atoms with E-state index in [2.05, 4.69) is 31.4 Å². The van der Waals surface area contributed by atoms with Gasteiger partial charge in [0.05, 0.1) is 5.02 Å². The van der Waals surface area contributed by atoms with Crippen LogP contribution < -0.4 is 5.32 Å². The van der Waals surface area contributed by atoms with Crippen LogP contribution in [0.4, 0.5) is 0 Å². The number of likely N-dealkylation sites (N-methyl/N-ethyl adjacent to an activating group) is 1. The predicted molar refractivity (Wildman–Crippen MR) is 70.1 cm³/mol. The molecule has 0 saturated carbocycles. The molecule has 17 heavy (non-hydrogen) atoms. The number of hydrogen-bond donors (Lipinski definition) is 1. The van der Waals surface area contributed by atoms with Crippen molar-refractivity contribution in [2.24, 2.45) is 0 Å². The van der Waals surface area contributed by atoms with E-state index in [4.69, 9.17) is 16.1 Å². The zero-order valence-corrected chi connectivity index (χ0v) is 11.5. The lowest BCUT2D eigenvalue weighted by Crippen LogP contribution is -2.10. The van der Waals surface area contributed by atoms with Crippen molar-refractivity contribution in [1.29, 1.82) is 0 Å². The van der Waals surface area contributed by atoms with Gasteiger partial charge in [0, 0.05) is 23.0 Å². The van der Waals surface area contributed by atoms with Crippen molar-refractivity contribution >= 4 is 27.5 Å². The highest BCUT2D eigenvalue weighted by atomic mass is 79.9. The third-order valence-corrected chi connectivity index (χ3v) is 3.45. The minimum absolute atomic E-state index is 0.577. The Balaban J connectivity index is 2.21. The molecule has 0 bridgehead atoms. The van der Waals surface area contributed by atoms with Gasteiger partial charge in [0.15, 0.2) is 0 Å². The summed E-state index contributed by atoms with van der Waals surface area (Å²) in [5.41, 5.74) is 0.876. The van der Waals surface area contributed by atoms with E-state index in [0.29, 0.717) is 16.7 Å². The molecule has 1 heterocycles. The fourth-order valence-electron chi connectivity index (χ4n) is 1.34. The topological polar surface area (TPSA) is 51.0 Å². The molecule has 0 atom stereocenters. The Morgan fingerprint density at radius 3 is 3.00 bits per heavy atom. The smallest absolute Gasteiger partial charge is 0.228 e. The summed E-state index contributed by atoms with van der Waals surface area (Å²) in [7, 11) is 1.88. The maximum atomic E-state index is 5.92. The predicted octanol–water partition coefficient (Wildman–Crippen LogP) is 2.91. The molecule has 0 unspecified atom stereocenters. The molecule has 1 N–H and O–H groups in total. The number of aromatic nitrogens is 2. The molecule has 2 aromatic rings. The molecule has 2 rings (SSSR count). The molecule has 0 radical (unpaired) electrons. The minimum atomic E-state index is 0.577. The van der Waals surface area contributed by atoms with Gasteiger partial charge in [-0.2, -0.15) is 4.98 Å². The van der Waals surface area contributed by atoms with Crippen LogP contribution in [0.15, 0.2) is 27.2 Å². The summed E-state index contributed by atoms with van der Waals surface area (Å²) < 4.78 is 5.96. The van der Waals surface area contributed by atoms with Crippen LogP contribution in [0.25, 0.3) is 11.4 Å². The van der Waals surface area contributed by atoms with Crippen LogP contribution in [0.2, 0.25) is 5.02 Å². The van der Waals surface area contributed by atoms with Crippen molar-refractivity contribution in [3.05, 3.63) is 33.6 Å². The summed E-state index contributed by atoms with van der Waals surface area (Å²) >= 11 is 9.29. The van der Waals surface area contributed by atoms with Gasteiger partial charge in [-0.1, -0.05) is 16.8 Å². The van der Waals surface area contributed by atoms with Crippen LogP contribution in [0, 0.1) is 0 Å². The quantitative estimate of drug-likeness (QED) is 0.942. The van der Waals surface area contributed by atoms with Crippen molar-refractivity contribution in [2.45, 2.75) is 6.42 Å². The maximum absolute atomic E-state index is 5.92. The van der Waals surface area contributed by atoms with E-state index >= 15 is 0 Å². The van der Waals surface area contributed by atoms with Gasteiger partial charge in [-0.15, -0.1) is 0 Å². The SMILES string of the molecule is CNCCc1nc(-c2ccc(Cl)c(Br)c2)no1. The number of rotatable bonds is 4. The summed E-state index contributed by atoms with van der Waals surface area (Å²) in [5, 5.41) is 7.62. The van der Waals surface area contributed by atoms with Gasteiger partial charge in [0.1, 0.15) is 0 Å². The van der Waals surface area contributed by atoms with Crippen molar-refractivity contribution < 1.29 is 4.52 Å². The Bertz CT molecular complexity index is 515. The molecular weight excluding hydrogens is 305 g/mol. The van der Waals surface area contributed by atoms with Gasteiger partial charge in [0.2, 0.25) is 11.7 Å². The molecule has 0 spiro atoms. The van der Waals surface area contributed by atoms with E-state index in [1.165, 1.54) is 0 Å². The highest BCUT2D eigenvalue weighted by Gasteiger charge is 2.09. The van der Waals surface area contributed by atoms with Crippen molar-refractivity contribution in [1.82, 2.24) is 15.5 Å². The lowest BCUT2D eigenvalue weighted by Gasteiger charge is -1.97. The van der Waals surface area contributed by atoms with Crippen LogP contribution in [0.5, 0.6) is 0 Å². The van der Waals surface area contributed by atoms with Gasteiger partial charge < -0.3 is 9.84 Å². The fourth-order valence-corrected chi connectivity index (χ4v) is 1.84. The Morgan fingerprint density at radius 2 is 2.29 bits per heavy atom. The Kier molecular flexibility index (Phi) is 4.15. The number of benzene rings is 1. The van der Waals surface area contributed by atoms with Gasteiger partial charge in [-0.05, 0) is 41.2 Å². The summed E-state index contributed by atoms with van der Waals surface area (Å²) in [6, 6.07) is 5.53. The zero-order valence-electron chi connectivity index (χ0n) is 9.20. The maximum Gasteiger partial charge on any atom is 0.228 e. The van der Waals surface area contributed by atoms with Gasteiger partial charge in [-0.25, -0.2) is 0 Å². The first-order chi connectivity index (χ1) is 8.20. The molecule has 1 aromatic carbocycles. The first-order valence-corrected chi connectivity index (χ1v) is 6.30. The van der Waals surface area contributed by atoms with Crippen molar-refractivity contribution in [3.8, 4) is 11.4 Å². The van der Waals surface area contributed by atoms with E-state index in [9.17, 15) is 0 Å². The molecule has 0 aliphatic carbocycles. The van der Waals surface area contributed by atoms with Crippen molar-refractivity contribution in [3.63, 3.8) is 0 Å². The Morgan fingerprint density at radius 1 is 1.47 bits per heavy atom. The van der Waals surface area contributed by atoms with Crippen molar-refractivity contribution in [2.75, 3.05) is 13.6 Å². The normalized spacial score (nSPS) is 10.8. The molecule has 1 aromatic heterocycles. The van der Waals surface area contributed by atoms with Gasteiger partial charge in [-0.3, -0.25) is 0 Å². The van der Waals surface area contributed by atoms with Gasteiger partial charge in [0.25, 0.3) is 0 Å². The number of nitrogens with zero attached hydrogens (tertiary/aromatic N) is 2. The highest BCUT2D eigenvalue weighted by molar-refractivity contribution is 9.10. The largest absolute Gasteiger partial charge is 0.339 e. The van der Waals surface area contributed by atoms with Crippen LogP contribution >= 0.6 is 27.5 Å². The molecule has 90 valence electrons. The summed E-state index contributed by atoms with van der Waals surface area (Å²) in [6.45, 7) is 0.811. The summed E-state index contributed by atoms with van der Waals surface area (Å²) in [6.07, 6.45) is 0.720. The molecule has 4 nitrogen and oxygen atoms in total. The zero-order chi connectivity index (χ0) is 12.3. The molecule has 0 aliphatic heterocycles. The average Bonchev–Trinajstić information content (AvgIpc) is 2.79. The lowest BCUT2D eigenvalue weighted by atomic mass is 10.2. The monoisotopic (exact) mass is 315 g/mol. The van der Waals surface area contributed by atoms with Crippen LogP contribution in [0.3, 0.4) is 0 Å². The summed E-state index contributed by atoms with van der Waals surface area (Å²) in [4.78, 5) is 4.31. The summed E-state index contributed by atoms with van der Waals surface area (Å²) in [5.74, 6) is 1.20. The first-order valence-electron chi connectivity index (χ1n) is 5.13. The second-order valence-electron chi connectivity index (χ2n) is 3.49. The molecular formula is C11H11BrClN3O. The minimum Gasteiger partial charge on any atom is -0.339 e. The van der Waals surface area contributed by atoms with Crippen LogP contribution in [0.1, 0.15) is 5.89 Å². The fraction of sp³-hybridized carbons (Fsp3) is 0.273. The lowest BCUT2D eigenvalue weighted by molar-refractivity contribution is 0.377. The first kappa shape index (κ1) is 12.5. The van der Waals surface area contributed by atoms with Gasteiger partial charge >= 0.3 is 0 Å². The Labute approximate surface area is 112 Å². The van der Waals surface area contributed by atoms with E-state index in [-0.39, 0.29) is 0 Å². The van der Waals surface area contributed by atoms with E-state index < -0.39 is 0 Å². The third kappa shape index (κ3) is 3.06. The number of nitrogens with one attached hydrogen (secondary N) is 1. The van der Waals surface area contributed by atoms with Crippen LogP contribution in [-0.4, -0.2) is 23.7 Å². The average molecular weight is 317 g/mol. The van der Waals surface area contributed by atoms with E-state index in [0.717, 1.165) is 23.0 Å². The van der Waals surface area contributed by atoms with Crippen LogP contribution in [-0.2, 0) is 6.42 Å². The highest BCUT2D eigenvalue weighted by Crippen LogP contribution is 2.27.